The van der Waals surface area contributed by atoms with Gasteiger partial charge in [-0.2, -0.15) is 0 Å². The largest absolute Gasteiger partial charge is 0.311 e. The summed E-state index contributed by atoms with van der Waals surface area (Å²) in [6.07, 6.45) is 0. The summed E-state index contributed by atoms with van der Waals surface area (Å²) >= 11 is 0. The Morgan fingerprint density at radius 1 is 0.371 bits per heavy atom. The Labute approximate surface area is 209 Å². The number of rotatable bonds is 6. The van der Waals surface area contributed by atoms with E-state index < -0.39 is 0 Å². The topological polar surface area (TPSA) is 6.48 Å². The number of aryl methyl sites for hydroxylation is 2. The molecule has 0 heterocycles. The van der Waals surface area contributed by atoms with Crippen LogP contribution in [0.2, 0.25) is 0 Å². The molecule has 5 aromatic carbocycles. The number of nitrogens with zero attached hydrogens (tertiary/aromatic N) is 2. The highest BCUT2D eigenvalue weighted by Crippen LogP contribution is 2.38. The molecule has 5 rings (SSSR count). The minimum absolute atomic E-state index is 1.12. The van der Waals surface area contributed by atoms with Crippen molar-refractivity contribution in [1.82, 2.24) is 0 Å². The molecule has 0 aliphatic heterocycles. The quantitative estimate of drug-likeness (QED) is 0.246. The van der Waals surface area contributed by atoms with Gasteiger partial charge < -0.3 is 9.80 Å². The van der Waals surface area contributed by atoms with Gasteiger partial charge in [-0.05, 0) is 86.6 Å². The third-order valence-corrected chi connectivity index (χ3v) is 6.26. The molecule has 0 unspecified atom stereocenters. The molecule has 0 N–H and O–H groups in total. The monoisotopic (exact) mass is 452 g/mol. The van der Waals surface area contributed by atoms with Crippen molar-refractivity contribution in [2.45, 2.75) is 13.8 Å². The molecule has 5 aromatic rings. The molecule has 0 bridgehead atoms. The Bertz CT molecular complexity index is 1330. The summed E-state index contributed by atoms with van der Waals surface area (Å²) in [5.74, 6) is 0. The number of hydrogen-bond donors (Lipinski definition) is 0. The van der Waals surface area contributed by atoms with Gasteiger partial charge in [0.2, 0.25) is 0 Å². The van der Waals surface area contributed by atoms with E-state index >= 15 is 0 Å². The second-order valence-electron chi connectivity index (χ2n) is 9.03. The zero-order valence-electron chi connectivity index (χ0n) is 20.5. The molecule has 0 saturated heterocycles. The second-order valence-corrected chi connectivity index (χ2v) is 9.03. The van der Waals surface area contributed by atoms with Crippen molar-refractivity contribution < 1.29 is 0 Å². The lowest BCUT2D eigenvalue weighted by Crippen LogP contribution is -2.13. The predicted octanol–water partition coefficient (Wildman–Crippen LogP) is 7.50. The molecular weight excluding hydrogens is 423 g/mol. The van der Waals surface area contributed by atoms with Gasteiger partial charge in [0, 0.05) is 34.1 Å². The number of anilines is 6. The summed E-state index contributed by atoms with van der Waals surface area (Å²) in [5.41, 5.74) is 10.6. The second kappa shape index (κ2) is 9.94. The van der Waals surface area contributed by atoms with Crippen molar-refractivity contribution in [3.05, 3.63) is 139 Å². The average molecular weight is 452 g/mol. The first-order valence-corrected chi connectivity index (χ1v) is 12.0. The zero-order valence-corrected chi connectivity index (χ0v) is 20.5. The molecule has 3 heteroatoms. The highest BCUT2D eigenvalue weighted by molar-refractivity contribution is 6.32. The Morgan fingerprint density at radius 3 is 1.03 bits per heavy atom. The third-order valence-electron chi connectivity index (χ3n) is 6.26. The van der Waals surface area contributed by atoms with E-state index in [1.165, 1.54) is 16.6 Å². The Morgan fingerprint density at radius 2 is 0.657 bits per heavy atom. The summed E-state index contributed by atoms with van der Waals surface area (Å²) in [7, 11) is 2.12. The lowest BCUT2D eigenvalue weighted by Gasteiger charge is -2.28. The number of benzene rings is 5. The summed E-state index contributed by atoms with van der Waals surface area (Å²) in [4.78, 5) is 4.60. The van der Waals surface area contributed by atoms with Crippen LogP contribution < -0.4 is 15.3 Å². The average Bonchev–Trinajstić information content (AvgIpc) is 2.89. The zero-order chi connectivity index (χ0) is 24.2. The van der Waals surface area contributed by atoms with Crippen molar-refractivity contribution >= 4 is 47.4 Å². The Hall–Kier alpha value is -4.24. The SMILES string of the molecule is Bc1ccc(N(c2ccc(C)cc2)c2ccc(N(c3ccccc3)c3ccc(C)cc3)cc2)cc1. The normalized spacial score (nSPS) is 10.7. The van der Waals surface area contributed by atoms with Crippen LogP contribution in [0.1, 0.15) is 11.1 Å². The highest BCUT2D eigenvalue weighted by Gasteiger charge is 2.15. The number of hydrogen-bond acceptors (Lipinski definition) is 2. The number of para-hydroxylation sites is 1. The maximum atomic E-state index is 2.31. The van der Waals surface area contributed by atoms with E-state index in [2.05, 4.69) is 159 Å². The molecule has 170 valence electrons. The molecule has 0 radical (unpaired) electrons. The van der Waals surface area contributed by atoms with Gasteiger partial charge in [-0.1, -0.05) is 71.2 Å². The van der Waals surface area contributed by atoms with E-state index in [9.17, 15) is 0 Å². The van der Waals surface area contributed by atoms with Gasteiger partial charge in [-0.3, -0.25) is 0 Å². The first-order valence-electron chi connectivity index (χ1n) is 12.0. The van der Waals surface area contributed by atoms with Gasteiger partial charge >= 0.3 is 0 Å². The van der Waals surface area contributed by atoms with Gasteiger partial charge in [0.25, 0.3) is 0 Å². The molecule has 0 atom stereocenters. The van der Waals surface area contributed by atoms with Crippen molar-refractivity contribution in [1.29, 1.82) is 0 Å². The maximum absolute atomic E-state index is 2.31. The van der Waals surface area contributed by atoms with E-state index in [0.717, 1.165) is 34.1 Å². The Kier molecular flexibility index (Phi) is 6.41. The van der Waals surface area contributed by atoms with Gasteiger partial charge in [0.05, 0.1) is 0 Å². The maximum Gasteiger partial charge on any atom is 0.139 e. The molecule has 2 nitrogen and oxygen atoms in total. The van der Waals surface area contributed by atoms with Crippen LogP contribution in [0.3, 0.4) is 0 Å². The molecule has 0 saturated carbocycles. The van der Waals surface area contributed by atoms with Crippen LogP contribution in [0, 0.1) is 13.8 Å². The fourth-order valence-electron chi connectivity index (χ4n) is 4.30. The lowest BCUT2D eigenvalue weighted by atomic mass is 9.96. The summed E-state index contributed by atoms with van der Waals surface area (Å²) < 4.78 is 0. The van der Waals surface area contributed by atoms with Crippen LogP contribution in [0.5, 0.6) is 0 Å². The highest BCUT2D eigenvalue weighted by atomic mass is 15.2. The lowest BCUT2D eigenvalue weighted by molar-refractivity contribution is 1.25. The summed E-state index contributed by atoms with van der Waals surface area (Å²) in [6, 6.07) is 45.5. The van der Waals surface area contributed by atoms with Crippen LogP contribution in [-0.4, -0.2) is 7.85 Å². The van der Waals surface area contributed by atoms with Crippen LogP contribution >= 0.6 is 0 Å². The molecule has 0 amide bonds. The van der Waals surface area contributed by atoms with Gasteiger partial charge in [-0.25, -0.2) is 0 Å². The van der Waals surface area contributed by atoms with E-state index in [1.54, 1.807) is 0 Å². The minimum atomic E-state index is 1.12. The first-order chi connectivity index (χ1) is 17.1. The van der Waals surface area contributed by atoms with Crippen LogP contribution in [0.15, 0.2) is 127 Å². The minimum Gasteiger partial charge on any atom is -0.311 e. The first kappa shape index (κ1) is 22.6. The third kappa shape index (κ3) is 5.00. The van der Waals surface area contributed by atoms with Gasteiger partial charge in [0.1, 0.15) is 7.85 Å². The summed E-state index contributed by atoms with van der Waals surface area (Å²) in [5, 5.41) is 0. The van der Waals surface area contributed by atoms with Crippen molar-refractivity contribution in [3.8, 4) is 0 Å². The molecule has 0 fully saturated rings. The van der Waals surface area contributed by atoms with E-state index in [1.807, 2.05) is 0 Å². The Balaban J connectivity index is 1.57. The van der Waals surface area contributed by atoms with E-state index in [4.69, 9.17) is 0 Å². The van der Waals surface area contributed by atoms with Crippen molar-refractivity contribution in [3.63, 3.8) is 0 Å². The smallest absolute Gasteiger partial charge is 0.139 e. The van der Waals surface area contributed by atoms with Crippen molar-refractivity contribution in [2.75, 3.05) is 9.80 Å². The van der Waals surface area contributed by atoms with E-state index in [-0.39, 0.29) is 0 Å². The predicted molar refractivity (Wildman–Crippen MR) is 153 cm³/mol. The van der Waals surface area contributed by atoms with Crippen LogP contribution in [0.25, 0.3) is 0 Å². The molecule has 0 aliphatic carbocycles. The van der Waals surface area contributed by atoms with Crippen LogP contribution in [0.4, 0.5) is 34.1 Å². The molecular formula is C32H29BN2. The molecule has 0 aromatic heterocycles. The molecule has 35 heavy (non-hydrogen) atoms. The molecule has 0 spiro atoms. The fourth-order valence-corrected chi connectivity index (χ4v) is 4.30. The van der Waals surface area contributed by atoms with Crippen molar-refractivity contribution in [2.24, 2.45) is 0 Å². The fraction of sp³-hybridized carbons (Fsp3) is 0.0625. The van der Waals surface area contributed by atoms with E-state index in [0.29, 0.717) is 0 Å². The molecule has 0 aliphatic rings. The standard InChI is InChI=1S/C32H29BN2/c1-24-8-14-28(15-9-24)34(27-6-4-3-5-7-27)31-20-22-32(23-21-31)35(29-16-10-25(2)11-17-29)30-18-12-26(33)13-19-30/h3-23H,33H2,1-2H3. The van der Waals surface area contributed by atoms with Gasteiger partial charge in [-0.15, -0.1) is 0 Å². The van der Waals surface area contributed by atoms with Crippen LogP contribution in [-0.2, 0) is 0 Å². The van der Waals surface area contributed by atoms with Gasteiger partial charge in [0.15, 0.2) is 0 Å². The summed E-state index contributed by atoms with van der Waals surface area (Å²) in [6.45, 7) is 4.24.